The van der Waals surface area contributed by atoms with Crippen molar-refractivity contribution in [2.45, 2.75) is 17.1 Å². The van der Waals surface area contributed by atoms with Crippen molar-refractivity contribution in [1.82, 2.24) is 4.31 Å². The SMILES string of the molecule is C=C(N)[C@H](C#N)C(=O)COC(=O)C1CCN(S(=O)(=O)c2cccs2)CC1. The Morgan fingerprint density at radius 3 is 2.62 bits per heavy atom. The van der Waals surface area contributed by atoms with Crippen LogP contribution in [0, 0.1) is 23.2 Å². The van der Waals surface area contributed by atoms with Crippen molar-refractivity contribution in [3.05, 3.63) is 29.8 Å². The molecule has 0 aromatic carbocycles. The van der Waals surface area contributed by atoms with Gasteiger partial charge in [0, 0.05) is 18.8 Å². The standard InChI is InChI=1S/C16H19N3O5S2/c1-11(18)13(9-17)14(20)10-24-16(21)12-4-6-19(7-5-12)26(22,23)15-3-2-8-25-15/h2-3,8,12-13H,1,4-7,10,18H2/t13-/m0/s1. The van der Waals surface area contributed by atoms with Crippen molar-refractivity contribution in [3.63, 3.8) is 0 Å². The maximum atomic E-state index is 12.4. The average molecular weight is 397 g/mol. The highest BCUT2D eigenvalue weighted by molar-refractivity contribution is 7.91. The van der Waals surface area contributed by atoms with Gasteiger partial charge in [0.05, 0.1) is 12.0 Å². The van der Waals surface area contributed by atoms with E-state index in [9.17, 15) is 18.0 Å². The first kappa shape index (κ1) is 20.1. The quantitative estimate of drug-likeness (QED) is 0.676. The molecule has 10 heteroatoms. The molecule has 0 bridgehead atoms. The molecular weight excluding hydrogens is 378 g/mol. The predicted octanol–water partition coefficient (Wildman–Crippen LogP) is 0.873. The Bertz CT molecular complexity index is 819. The van der Waals surface area contributed by atoms with Gasteiger partial charge in [0.1, 0.15) is 10.1 Å². The summed E-state index contributed by atoms with van der Waals surface area (Å²) in [6.07, 6.45) is 0.617. The fourth-order valence-corrected chi connectivity index (χ4v) is 5.19. The van der Waals surface area contributed by atoms with Gasteiger partial charge >= 0.3 is 5.97 Å². The van der Waals surface area contributed by atoms with E-state index < -0.39 is 40.2 Å². The van der Waals surface area contributed by atoms with E-state index in [1.807, 2.05) is 0 Å². The molecule has 0 aliphatic carbocycles. The molecule has 0 saturated carbocycles. The highest BCUT2D eigenvalue weighted by Crippen LogP contribution is 2.26. The lowest BCUT2D eigenvalue weighted by atomic mass is 9.98. The van der Waals surface area contributed by atoms with Crippen molar-refractivity contribution >= 4 is 33.1 Å². The summed E-state index contributed by atoms with van der Waals surface area (Å²) in [4.78, 5) is 23.9. The summed E-state index contributed by atoms with van der Waals surface area (Å²) < 4.78 is 31.5. The third kappa shape index (κ3) is 4.49. The van der Waals surface area contributed by atoms with Crippen molar-refractivity contribution in [3.8, 4) is 6.07 Å². The van der Waals surface area contributed by atoms with Crippen LogP contribution in [0.1, 0.15) is 12.8 Å². The van der Waals surface area contributed by atoms with E-state index in [0.29, 0.717) is 12.8 Å². The molecule has 1 aromatic rings. The Morgan fingerprint density at radius 1 is 1.46 bits per heavy atom. The minimum absolute atomic E-state index is 0.0966. The zero-order valence-electron chi connectivity index (χ0n) is 14.0. The molecule has 1 aliphatic rings. The number of esters is 1. The van der Waals surface area contributed by atoms with E-state index in [1.165, 1.54) is 4.31 Å². The van der Waals surface area contributed by atoms with Crippen LogP contribution >= 0.6 is 11.3 Å². The summed E-state index contributed by atoms with van der Waals surface area (Å²) in [6.45, 7) is 3.20. The highest BCUT2D eigenvalue weighted by Gasteiger charge is 2.33. The van der Waals surface area contributed by atoms with Crippen LogP contribution in [0.4, 0.5) is 0 Å². The number of rotatable bonds is 7. The van der Waals surface area contributed by atoms with Crippen molar-refractivity contribution in [2.24, 2.45) is 17.6 Å². The van der Waals surface area contributed by atoms with Crippen molar-refractivity contribution in [1.29, 1.82) is 5.26 Å². The van der Waals surface area contributed by atoms with Crippen molar-refractivity contribution in [2.75, 3.05) is 19.7 Å². The first-order valence-corrected chi connectivity index (χ1v) is 10.2. The third-order valence-corrected chi connectivity index (χ3v) is 7.33. The lowest BCUT2D eigenvalue weighted by Crippen LogP contribution is -2.40. The maximum Gasteiger partial charge on any atom is 0.309 e. The van der Waals surface area contributed by atoms with Crippen LogP contribution in [0.15, 0.2) is 34.0 Å². The fraction of sp³-hybridized carbons (Fsp3) is 0.438. The molecule has 1 aliphatic heterocycles. The second kappa shape index (κ2) is 8.44. The first-order valence-electron chi connectivity index (χ1n) is 7.84. The number of ketones is 1. The van der Waals surface area contributed by atoms with Gasteiger partial charge in [-0.3, -0.25) is 9.59 Å². The van der Waals surface area contributed by atoms with Gasteiger partial charge in [-0.25, -0.2) is 8.42 Å². The molecular formula is C16H19N3O5S2. The average Bonchev–Trinajstić information content (AvgIpc) is 3.15. The van der Waals surface area contributed by atoms with E-state index in [-0.39, 0.29) is 23.0 Å². The number of hydrogen-bond donors (Lipinski definition) is 1. The van der Waals surface area contributed by atoms with Gasteiger partial charge in [0.15, 0.2) is 12.4 Å². The number of thiophene rings is 1. The molecule has 2 rings (SSSR count). The summed E-state index contributed by atoms with van der Waals surface area (Å²) in [7, 11) is -3.53. The van der Waals surface area contributed by atoms with Crippen LogP contribution in [0.2, 0.25) is 0 Å². The molecule has 140 valence electrons. The molecule has 2 heterocycles. The summed E-state index contributed by atoms with van der Waals surface area (Å²) in [5.74, 6) is -2.91. The summed E-state index contributed by atoms with van der Waals surface area (Å²) in [5.41, 5.74) is 5.26. The van der Waals surface area contributed by atoms with Crippen LogP contribution < -0.4 is 5.73 Å². The van der Waals surface area contributed by atoms with Crippen molar-refractivity contribution < 1.29 is 22.7 Å². The van der Waals surface area contributed by atoms with Gasteiger partial charge in [-0.1, -0.05) is 12.6 Å². The van der Waals surface area contributed by atoms with E-state index in [4.69, 9.17) is 15.7 Å². The molecule has 1 atom stereocenters. The molecule has 1 saturated heterocycles. The molecule has 1 fully saturated rings. The van der Waals surface area contributed by atoms with Crippen LogP contribution in [0.5, 0.6) is 0 Å². The van der Waals surface area contributed by atoms with Gasteiger partial charge in [0.25, 0.3) is 10.0 Å². The maximum absolute atomic E-state index is 12.4. The molecule has 2 N–H and O–H groups in total. The Balaban J connectivity index is 1.86. The lowest BCUT2D eigenvalue weighted by molar-refractivity contribution is -0.153. The molecule has 26 heavy (non-hydrogen) atoms. The normalized spacial score (nSPS) is 17.2. The molecule has 0 unspecified atom stereocenters. The first-order chi connectivity index (χ1) is 12.3. The van der Waals surface area contributed by atoms with Crippen LogP contribution in [0.25, 0.3) is 0 Å². The largest absolute Gasteiger partial charge is 0.457 e. The summed E-state index contributed by atoms with van der Waals surface area (Å²) in [5, 5.41) is 10.5. The molecule has 1 aromatic heterocycles. The van der Waals surface area contributed by atoms with Gasteiger partial charge in [0.2, 0.25) is 0 Å². The molecule has 0 spiro atoms. The predicted molar refractivity (Wildman–Crippen MR) is 94.2 cm³/mol. The Labute approximate surface area is 155 Å². The Hall–Kier alpha value is -2.22. The Morgan fingerprint density at radius 2 is 2.12 bits per heavy atom. The minimum atomic E-state index is -3.53. The number of hydrogen-bond acceptors (Lipinski definition) is 8. The second-order valence-electron chi connectivity index (χ2n) is 5.82. The molecule has 0 radical (unpaired) electrons. The van der Waals surface area contributed by atoms with E-state index in [1.54, 1.807) is 23.6 Å². The lowest BCUT2D eigenvalue weighted by Gasteiger charge is -2.29. The van der Waals surface area contributed by atoms with Crippen LogP contribution in [0.3, 0.4) is 0 Å². The number of nitrogens with zero attached hydrogens (tertiary/aromatic N) is 2. The topological polar surface area (TPSA) is 131 Å². The molecule has 0 amide bonds. The number of allylic oxidation sites excluding steroid dienone is 1. The zero-order chi connectivity index (χ0) is 19.3. The number of nitriles is 1. The number of ether oxygens (including phenoxy) is 1. The number of Topliss-reactive ketones (excluding diaryl/α,β-unsaturated/α-hetero) is 1. The summed E-state index contributed by atoms with van der Waals surface area (Å²) >= 11 is 1.15. The van der Waals surface area contributed by atoms with Gasteiger partial charge < -0.3 is 10.5 Å². The number of sulfonamides is 1. The van der Waals surface area contributed by atoms with E-state index in [0.717, 1.165) is 11.3 Å². The monoisotopic (exact) mass is 397 g/mol. The third-order valence-electron chi connectivity index (χ3n) is 4.06. The summed E-state index contributed by atoms with van der Waals surface area (Å²) in [6, 6.07) is 4.92. The zero-order valence-corrected chi connectivity index (χ0v) is 15.6. The van der Waals surface area contributed by atoms with Gasteiger partial charge in [-0.15, -0.1) is 11.3 Å². The van der Waals surface area contributed by atoms with Crippen LogP contribution in [-0.2, 0) is 24.3 Å². The number of carbonyl (C=O) groups is 2. The second-order valence-corrected chi connectivity index (χ2v) is 8.93. The molecule has 8 nitrogen and oxygen atoms in total. The van der Waals surface area contributed by atoms with E-state index in [2.05, 4.69) is 6.58 Å². The number of piperidine rings is 1. The number of nitrogens with two attached hydrogens (primary N) is 1. The van der Waals surface area contributed by atoms with Crippen LogP contribution in [-0.4, -0.2) is 44.2 Å². The fourth-order valence-electron chi connectivity index (χ4n) is 2.57. The minimum Gasteiger partial charge on any atom is -0.457 e. The number of carbonyl (C=O) groups excluding carboxylic acids is 2. The smallest absolute Gasteiger partial charge is 0.309 e. The van der Waals surface area contributed by atoms with E-state index >= 15 is 0 Å². The highest BCUT2D eigenvalue weighted by atomic mass is 32.2. The van der Waals surface area contributed by atoms with Gasteiger partial charge in [-0.2, -0.15) is 9.57 Å². The Kier molecular flexibility index (Phi) is 6.52. The van der Waals surface area contributed by atoms with Gasteiger partial charge in [-0.05, 0) is 24.3 Å².